The lowest BCUT2D eigenvalue weighted by molar-refractivity contribution is 0.216. The molecule has 0 aromatic heterocycles. The normalized spacial score (nSPS) is 9.42. The molecule has 0 saturated heterocycles. The van der Waals surface area contributed by atoms with E-state index in [1.54, 1.807) is 7.05 Å². The number of amides is 2. The molecule has 0 atom stereocenters. The second-order valence-electron chi connectivity index (χ2n) is 2.68. The zero-order valence-electron chi connectivity index (χ0n) is 7.03. The van der Waals surface area contributed by atoms with Crippen molar-refractivity contribution in [2.45, 2.75) is 6.54 Å². The second-order valence-corrected chi connectivity index (χ2v) is 2.68. The lowest BCUT2D eigenvalue weighted by Crippen LogP contribution is -2.31. The summed E-state index contributed by atoms with van der Waals surface area (Å²) < 4.78 is 0. The fraction of sp³-hybridized carbons (Fsp3) is 0.222. The topological polar surface area (TPSA) is 46.3 Å². The van der Waals surface area contributed by atoms with Crippen LogP contribution in [-0.4, -0.2) is 18.0 Å². The minimum absolute atomic E-state index is 0.404. The van der Waals surface area contributed by atoms with Gasteiger partial charge >= 0.3 is 6.03 Å². The average molecular weight is 164 g/mol. The minimum atomic E-state index is -0.404. The van der Waals surface area contributed by atoms with E-state index in [2.05, 4.69) is 0 Å². The van der Waals surface area contributed by atoms with Gasteiger partial charge in [-0.25, -0.2) is 4.79 Å². The molecule has 0 saturated carbocycles. The highest BCUT2D eigenvalue weighted by molar-refractivity contribution is 5.71. The molecule has 0 radical (unpaired) electrons. The van der Waals surface area contributed by atoms with Crippen LogP contribution in [0, 0.1) is 0 Å². The third-order valence-electron chi connectivity index (χ3n) is 1.64. The Morgan fingerprint density at radius 1 is 1.42 bits per heavy atom. The molecule has 2 N–H and O–H groups in total. The summed E-state index contributed by atoms with van der Waals surface area (Å²) in [5.41, 5.74) is 6.15. The number of hydrogen-bond donors (Lipinski definition) is 1. The van der Waals surface area contributed by atoms with E-state index in [4.69, 9.17) is 5.73 Å². The molecule has 1 aromatic carbocycles. The van der Waals surface area contributed by atoms with E-state index in [0.717, 1.165) is 5.56 Å². The van der Waals surface area contributed by atoms with Crippen molar-refractivity contribution < 1.29 is 4.79 Å². The number of carbonyl (C=O) groups excluding carboxylic acids is 1. The maximum absolute atomic E-state index is 10.7. The lowest BCUT2D eigenvalue weighted by Gasteiger charge is -2.13. The number of urea groups is 1. The van der Waals surface area contributed by atoms with Gasteiger partial charge in [0.2, 0.25) is 0 Å². The first-order valence-corrected chi connectivity index (χ1v) is 3.74. The van der Waals surface area contributed by atoms with E-state index in [9.17, 15) is 4.79 Å². The number of carbonyl (C=O) groups is 1. The largest absolute Gasteiger partial charge is 0.351 e. The van der Waals surface area contributed by atoms with E-state index < -0.39 is 6.03 Å². The van der Waals surface area contributed by atoms with Crippen LogP contribution in [0.15, 0.2) is 30.3 Å². The summed E-state index contributed by atoms with van der Waals surface area (Å²) in [5.74, 6) is 0. The molecular formula is C9H12N2O. The van der Waals surface area contributed by atoms with Crippen LogP contribution < -0.4 is 5.73 Å². The van der Waals surface area contributed by atoms with Crippen LogP contribution >= 0.6 is 0 Å². The molecular weight excluding hydrogens is 152 g/mol. The van der Waals surface area contributed by atoms with Crippen LogP contribution in [0.25, 0.3) is 0 Å². The first-order chi connectivity index (χ1) is 5.70. The Morgan fingerprint density at radius 2 is 2.00 bits per heavy atom. The molecule has 64 valence electrons. The fourth-order valence-corrected chi connectivity index (χ4v) is 0.935. The van der Waals surface area contributed by atoms with Gasteiger partial charge in [-0.2, -0.15) is 0 Å². The highest BCUT2D eigenvalue weighted by Gasteiger charge is 2.02. The first-order valence-electron chi connectivity index (χ1n) is 3.74. The Hall–Kier alpha value is -1.51. The predicted molar refractivity (Wildman–Crippen MR) is 47.5 cm³/mol. The molecule has 0 aliphatic rings. The van der Waals surface area contributed by atoms with E-state index in [0.29, 0.717) is 6.54 Å². The minimum Gasteiger partial charge on any atom is -0.351 e. The summed E-state index contributed by atoms with van der Waals surface area (Å²) >= 11 is 0. The monoisotopic (exact) mass is 164 g/mol. The first kappa shape index (κ1) is 8.59. The number of rotatable bonds is 2. The highest BCUT2D eigenvalue weighted by atomic mass is 16.2. The molecule has 0 unspecified atom stereocenters. The molecule has 0 bridgehead atoms. The molecule has 0 heterocycles. The van der Waals surface area contributed by atoms with Gasteiger partial charge in [0.05, 0.1) is 0 Å². The van der Waals surface area contributed by atoms with E-state index in [1.807, 2.05) is 30.3 Å². The average Bonchev–Trinajstić information content (AvgIpc) is 2.06. The number of hydrogen-bond acceptors (Lipinski definition) is 1. The third-order valence-corrected chi connectivity index (χ3v) is 1.64. The predicted octanol–water partition coefficient (Wildman–Crippen LogP) is 1.20. The van der Waals surface area contributed by atoms with E-state index in [1.165, 1.54) is 4.90 Å². The number of nitrogens with two attached hydrogens (primary N) is 1. The molecule has 1 rings (SSSR count). The van der Waals surface area contributed by atoms with E-state index in [-0.39, 0.29) is 0 Å². The summed E-state index contributed by atoms with van der Waals surface area (Å²) in [6.45, 7) is 0.566. The van der Waals surface area contributed by atoms with Crippen molar-refractivity contribution in [1.82, 2.24) is 4.90 Å². The molecule has 2 amide bonds. The summed E-state index contributed by atoms with van der Waals surface area (Å²) in [7, 11) is 1.68. The summed E-state index contributed by atoms with van der Waals surface area (Å²) in [5, 5.41) is 0. The van der Waals surface area contributed by atoms with Gasteiger partial charge in [-0.15, -0.1) is 0 Å². The quantitative estimate of drug-likeness (QED) is 0.701. The second kappa shape index (κ2) is 3.76. The Morgan fingerprint density at radius 3 is 2.50 bits per heavy atom. The van der Waals surface area contributed by atoms with Gasteiger partial charge in [-0.3, -0.25) is 0 Å². The van der Waals surface area contributed by atoms with Crippen LogP contribution in [0.4, 0.5) is 4.79 Å². The van der Waals surface area contributed by atoms with Gasteiger partial charge in [-0.05, 0) is 5.56 Å². The number of benzene rings is 1. The molecule has 12 heavy (non-hydrogen) atoms. The molecule has 0 aliphatic heterocycles. The maximum atomic E-state index is 10.7. The summed E-state index contributed by atoms with van der Waals surface area (Å²) in [6, 6.07) is 9.32. The Labute approximate surface area is 71.8 Å². The Bertz CT molecular complexity index is 258. The van der Waals surface area contributed by atoms with E-state index >= 15 is 0 Å². The zero-order chi connectivity index (χ0) is 8.97. The van der Waals surface area contributed by atoms with Gasteiger partial charge < -0.3 is 10.6 Å². The van der Waals surface area contributed by atoms with Gasteiger partial charge in [0.25, 0.3) is 0 Å². The molecule has 0 spiro atoms. The van der Waals surface area contributed by atoms with Crippen molar-refractivity contribution in [2.24, 2.45) is 5.73 Å². The molecule has 0 aliphatic carbocycles. The van der Waals surface area contributed by atoms with Crippen LogP contribution in [0.1, 0.15) is 5.56 Å². The van der Waals surface area contributed by atoms with Crippen molar-refractivity contribution in [3.05, 3.63) is 35.9 Å². The fourth-order valence-electron chi connectivity index (χ4n) is 0.935. The van der Waals surface area contributed by atoms with Crippen molar-refractivity contribution >= 4 is 6.03 Å². The smallest absolute Gasteiger partial charge is 0.314 e. The Kier molecular flexibility index (Phi) is 2.69. The van der Waals surface area contributed by atoms with Crippen LogP contribution in [0.3, 0.4) is 0 Å². The van der Waals surface area contributed by atoms with Crippen LogP contribution in [0.5, 0.6) is 0 Å². The van der Waals surface area contributed by atoms with Gasteiger partial charge in [0.1, 0.15) is 0 Å². The summed E-state index contributed by atoms with van der Waals surface area (Å²) in [6.07, 6.45) is 0. The van der Waals surface area contributed by atoms with Gasteiger partial charge in [0.15, 0.2) is 0 Å². The van der Waals surface area contributed by atoms with Gasteiger partial charge in [-0.1, -0.05) is 30.3 Å². The third kappa shape index (κ3) is 2.27. The molecule has 1 aromatic rings. The molecule has 3 heteroatoms. The van der Waals surface area contributed by atoms with Crippen LogP contribution in [-0.2, 0) is 6.54 Å². The Balaban J connectivity index is 2.58. The number of primary amides is 1. The molecule has 0 fully saturated rings. The number of nitrogens with zero attached hydrogens (tertiary/aromatic N) is 1. The SMILES string of the molecule is CN(Cc1ccccc1)C(N)=O. The van der Waals surface area contributed by atoms with Gasteiger partial charge in [0, 0.05) is 13.6 Å². The standard InChI is InChI=1S/C9H12N2O/c1-11(9(10)12)7-8-5-3-2-4-6-8/h2-6H,7H2,1H3,(H2,10,12). The lowest BCUT2D eigenvalue weighted by atomic mass is 10.2. The van der Waals surface area contributed by atoms with Crippen molar-refractivity contribution in [2.75, 3.05) is 7.05 Å². The summed E-state index contributed by atoms with van der Waals surface area (Å²) in [4.78, 5) is 12.1. The molecule has 3 nitrogen and oxygen atoms in total. The van der Waals surface area contributed by atoms with Crippen molar-refractivity contribution in [3.8, 4) is 0 Å². The zero-order valence-corrected chi connectivity index (χ0v) is 7.03. The van der Waals surface area contributed by atoms with Crippen molar-refractivity contribution in [3.63, 3.8) is 0 Å². The maximum Gasteiger partial charge on any atom is 0.314 e. The van der Waals surface area contributed by atoms with Crippen LogP contribution in [0.2, 0.25) is 0 Å². The van der Waals surface area contributed by atoms with Crippen molar-refractivity contribution in [1.29, 1.82) is 0 Å². The highest BCUT2D eigenvalue weighted by Crippen LogP contribution is 2.01.